The fourth-order valence-corrected chi connectivity index (χ4v) is 2.66. The van der Waals surface area contributed by atoms with Crippen LogP contribution in [-0.2, 0) is 0 Å². The molecule has 2 rings (SSSR count). The van der Waals surface area contributed by atoms with E-state index in [2.05, 4.69) is 10.1 Å². The van der Waals surface area contributed by atoms with E-state index in [1.165, 1.54) is 11.8 Å². The molecule has 4 nitrogen and oxygen atoms in total. The van der Waals surface area contributed by atoms with Crippen molar-refractivity contribution >= 4 is 28.4 Å². The van der Waals surface area contributed by atoms with E-state index in [4.69, 9.17) is 5.84 Å². The average Bonchev–Trinajstić information content (AvgIpc) is 2.36. The third-order valence-corrected chi connectivity index (χ3v) is 3.47. The van der Waals surface area contributed by atoms with Crippen LogP contribution in [0.15, 0.2) is 39.1 Å². The van der Waals surface area contributed by atoms with Gasteiger partial charge in [0.05, 0.1) is 11.3 Å². The molecule has 5 heteroatoms. The van der Waals surface area contributed by atoms with Gasteiger partial charge in [-0.1, -0.05) is 18.2 Å². The number of thioether (sulfide) groups is 1. The van der Waals surface area contributed by atoms with Gasteiger partial charge in [-0.3, -0.25) is 4.79 Å². The van der Waals surface area contributed by atoms with Crippen LogP contribution in [0.2, 0.25) is 0 Å². The summed E-state index contributed by atoms with van der Waals surface area (Å²) >= 11 is 1.53. The summed E-state index contributed by atoms with van der Waals surface area (Å²) in [5.41, 5.74) is 1.77. The van der Waals surface area contributed by atoms with Gasteiger partial charge in [0.25, 0.3) is 5.56 Å². The summed E-state index contributed by atoms with van der Waals surface area (Å²) in [6, 6.07) is 7.70. The van der Waals surface area contributed by atoms with Gasteiger partial charge in [-0.2, -0.15) is 5.10 Å². The summed E-state index contributed by atoms with van der Waals surface area (Å²) in [6.07, 6.45) is 1.94. The fraction of sp³-hybridized carbons (Fsp3) is 0.167. The van der Waals surface area contributed by atoms with Gasteiger partial charge >= 0.3 is 0 Å². The normalized spacial score (nSPS) is 12.0. The van der Waals surface area contributed by atoms with E-state index in [0.29, 0.717) is 11.3 Å². The molecule has 0 unspecified atom stereocenters. The zero-order valence-electron chi connectivity index (χ0n) is 9.65. The van der Waals surface area contributed by atoms with E-state index < -0.39 is 0 Å². The maximum Gasteiger partial charge on any atom is 0.258 e. The number of benzene rings is 1. The Morgan fingerprint density at radius 3 is 2.76 bits per heavy atom. The standard InChI is InChI=1S/C12H13N3OS/c1-7(15-13)10-11(17-2)8-5-3-4-6-9(8)14-12(10)16/h3-6H,13H2,1-2H3,(H,14,16). The molecule has 0 aliphatic heterocycles. The van der Waals surface area contributed by atoms with Crippen LogP contribution in [0.25, 0.3) is 10.9 Å². The number of aromatic amines is 1. The molecule has 1 aromatic heterocycles. The number of hydrazone groups is 1. The Morgan fingerprint density at radius 2 is 2.12 bits per heavy atom. The second kappa shape index (κ2) is 4.63. The summed E-state index contributed by atoms with van der Waals surface area (Å²) in [4.78, 5) is 15.8. The summed E-state index contributed by atoms with van der Waals surface area (Å²) in [6.45, 7) is 1.74. The SMILES string of the molecule is CSc1c(C(C)=NN)c(=O)[nH]c2ccccc12. The van der Waals surface area contributed by atoms with Crippen molar-refractivity contribution in [2.45, 2.75) is 11.8 Å². The number of nitrogens with zero attached hydrogens (tertiary/aromatic N) is 1. The van der Waals surface area contributed by atoms with Crippen LogP contribution in [0.1, 0.15) is 12.5 Å². The number of hydrogen-bond acceptors (Lipinski definition) is 4. The van der Waals surface area contributed by atoms with Crippen LogP contribution in [0, 0.1) is 0 Å². The fourth-order valence-electron chi connectivity index (χ4n) is 1.82. The van der Waals surface area contributed by atoms with Crippen molar-refractivity contribution in [3.8, 4) is 0 Å². The van der Waals surface area contributed by atoms with Gasteiger partial charge < -0.3 is 10.8 Å². The van der Waals surface area contributed by atoms with Gasteiger partial charge in [0.15, 0.2) is 0 Å². The van der Waals surface area contributed by atoms with Crippen LogP contribution in [-0.4, -0.2) is 17.0 Å². The van der Waals surface area contributed by atoms with E-state index in [1.807, 2.05) is 30.5 Å². The van der Waals surface area contributed by atoms with Crippen molar-refractivity contribution in [3.05, 3.63) is 40.2 Å². The highest BCUT2D eigenvalue weighted by Crippen LogP contribution is 2.26. The molecule has 0 spiro atoms. The summed E-state index contributed by atoms with van der Waals surface area (Å²) in [7, 11) is 0. The highest BCUT2D eigenvalue weighted by Gasteiger charge is 2.13. The van der Waals surface area contributed by atoms with Gasteiger partial charge in [-0.15, -0.1) is 11.8 Å². The number of para-hydroxylation sites is 1. The van der Waals surface area contributed by atoms with Crippen molar-refractivity contribution in [2.75, 3.05) is 6.26 Å². The molecular formula is C12H13N3OS. The maximum absolute atomic E-state index is 12.0. The number of nitrogens with one attached hydrogen (secondary N) is 1. The Hall–Kier alpha value is -1.75. The topological polar surface area (TPSA) is 71.2 Å². The Kier molecular flexibility index (Phi) is 3.19. The van der Waals surface area contributed by atoms with Crippen LogP contribution >= 0.6 is 11.8 Å². The Bertz CT molecular complexity index is 646. The monoisotopic (exact) mass is 247 g/mol. The molecular weight excluding hydrogens is 234 g/mol. The average molecular weight is 247 g/mol. The molecule has 0 bridgehead atoms. The minimum absolute atomic E-state index is 0.153. The second-order valence-corrected chi connectivity index (χ2v) is 4.44. The molecule has 0 saturated carbocycles. The third-order valence-electron chi connectivity index (χ3n) is 2.63. The first-order valence-electron chi connectivity index (χ1n) is 5.13. The minimum Gasteiger partial charge on any atom is -0.323 e. The first-order chi connectivity index (χ1) is 8.19. The minimum atomic E-state index is -0.153. The molecule has 0 aliphatic rings. The van der Waals surface area contributed by atoms with Crippen molar-refractivity contribution in [1.29, 1.82) is 0 Å². The molecule has 0 saturated heterocycles. The molecule has 1 aromatic carbocycles. The van der Waals surface area contributed by atoms with Gasteiger partial charge in [0.1, 0.15) is 0 Å². The number of hydrogen-bond donors (Lipinski definition) is 2. The highest BCUT2D eigenvalue weighted by molar-refractivity contribution is 7.99. The van der Waals surface area contributed by atoms with Crippen LogP contribution in [0.5, 0.6) is 0 Å². The van der Waals surface area contributed by atoms with Gasteiger partial charge in [0, 0.05) is 15.8 Å². The molecule has 0 fully saturated rings. The second-order valence-electron chi connectivity index (χ2n) is 3.62. The number of aromatic nitrogens is 1. The molecule has 0 atom stereocenters. The molecule has 0 radical (unpaired) electrons. The molecule has 0 aliphatic carbocycles. The lowest BCUT2D eigenvalue weighted by Gasteiger charge is -2.09. The lowest BCUT2D eigenvalue weighted by molar-refractivity contribution is 1.19. The quantitative estimate of drug-likeness (QED) is 0.369. The molecule has 3 N–H and O–H groups in total. The number of pyridine rings is 1. The highest BCUT2D eigenvalue weighted by atomic mass is 32.2. The summed E-state index contributed by atoms with van der Waals surface area (Å²) < 4.78 is 0. The van der Waals surface area contributed by atoms with Crippen molar-refractivity contribution in [2.24, 2.45) is 10.9 Å². The third kappa shape index (κ3) is 1.93. The largest absolute Gasteiger partial charge is 0.323 e. The molecule has 2 aromatic rings. The number of rotatable bonds is 2. The van der Waals surface area contributed by atoms with Gasteiger partial charge in [-0.05, 0) is 19.2 Å². The van der Waals surface area contributed by atoms with E-state index in [-0.39, 0.29) is 5.56 Å². The Labute approximate surface area is 103 Å². The van der Waals surface area contributed by atoms with Crippen LogP contribution in [0.4, 0.5) is 0 Å². The Balaban J connectivity index is 2.93. The van der Waals surface area contributed by atoms with Crippen LogP contribution in [0.3, 0.4) is 0 Å². The number of fused-ring (bicyclic) bond motifs is 1. The molecule has 0 amide bonds. The first-order valence-corrected chi connectivity index (χ1v) is 6.35. The molecule has 17 heavy (non-hydrogen) atoms. The predicted octanol–water partition coefficient (Wildman–Crippen LogP) is 1.93. The lowest BCUT2D eigenvalue weighted by Crippen LogP contribution is -2.19. The van der Waals surface area contributed by atoms with Crippen LogP contribution < -0.4 is 11.4 Å². The summed E-state index contributed by atoms with van der Waals surface area (Å²) in [5, 5.41) is 4.63. The molecule has 88 valence electrons. The van der Waals surface area contributed by atoms with E-state index in [1.54, 1.807) is 6.92 Å². The zero-order chi connectivity index (χ0) is 12.4. The van der Waals surface area contributed by atoms with Gasteiger partial charge in [-0.25, -0.2) is 0 Å². The van der Waals surface area contributed by atoms with Crippen molar-refractivity contribution < 1.29 is 0 Å². The van der Waals surface area contributed by atoms with Crippen molar-refractivity contribution in [3.63, 3.8) is 0 Å². The summed E-state index contributed by atoms with van der Waals surface area (Å²) in [5.74, 6) is 5.27. The maximum atomic E-state index is 12.0. The predicted molar refractivity (Wildman–Crippen MR) is 72.7 cm³/mol. The number of H-pyrrole nitrogens is 1. The van der Waals surface area contributed by atoms with Gasteiger partial charge in [0.2, 0.25) is 0 Å². The van der Waals surface area contributed by atoms with Crippen molar-refractivity contribution in [1.82, 2.24) is 4.98 Å². The zero-order valence-corrected chi connectivity index (χ0v) is 10.5. The van der Waals surface area contributed by atoms with E-state index >= 15 is 0 Å². The first kappa shape index (κ1) is 11.7. The number of nitrogens with two attached hydrogens (primary N) is 1. The van der Waals surface area contributed by atoms with E-state index in [0.717, 1.165) is 15.8 Å². The smallest absolute Gasteiger partial charge is 0.258 e. The Morgan fingerprint density at radius 1 is 1.41 bits per heavy atom. The lowest BCUT2D eigenvalue weighted by atomic mass is 10.1. The van der Waals surface area contributed by atoms with E-state index in [9.17, 15) is 4.79 Å². The molecule has 1 heterocycles.